The van der Waals surface area contributed by atoms with E-state index in [9.17, 15) is 8.42 Å². The third-order valence-corrected chi connectivity index (χ3v) is 4.79. The van der Waals surface area contributed by atoms with Gasteiger partial charge in [-0.3, -0.25) is 0 Å². The van der Waals surface area contributed by atoms with Crippen molar-refractivity contribution in [3.8, 4) is 11.5 Å². The summed E-state index contributed by atoms with van der Waals surface area (Å²) in [5, 5.41) is 0. The highest BCUT2D eigenvalue weighted by molar-refractivity contribution is 9.10. The maximum absolute atomic E-state index is 11.2. The minimum atomic E-state index is -3.71. The van der Waals surface area contributed by atoms with Gasteiger partial charge in [0.05, 0.1) is 4.90 Å². The summed E-state index contributed by atoms with van der Waals surface area (Å²) < 4.78 is 29.2. The van der Waals surface area contributed by atoms with Crippen molar-refractivity contribution in [3.63, 3.8) is 0 Å². The molecule has 0 aliphatic rings. The lowest BCUT2D eigenvalue weighted by Gasteiger charge is -2.14. The predicted molar refractivity (Wildman–Crippen MR) is 87.8 cm³/mol. The first-order chi connectivity index (χ1) is 9.77. The van der Waals surface area contributed by atoms with Crippen molar-refractivity contribution in [2.75, 3.05) is 0 Å². The Hall–Kier alpha value is -1.04. The molecule has 0 heterocycles. The molecule has 0 unspecified atom stereocenters. The van der Waals surface area contributed by atoms with Crippen LogP contribution in [0.4, 0.5) is 0 Å². The highest BCUT2D eigenvalue weighted by Gasteiger charge is 2.12. The van der Waals surface area contributed by atoms with Gasteiger partial charge in [-0.2, -0.15) is 0 Å². The minimum Gasteiger partial charge on any atom is -0.457 e. The van der Waals surface area contributed by atoms with Gasteiger partial charge in [-0.25, -0.2) is 8.42 Å². The van der Waals surface area contributed by atoms with Gasteiger partial charge in [-0.1, -0.05) is 29.8 Å². The van der Waals surface area contributed by atoms with Crippen LogP contribution in [-0.2, 0) is 9.05 Å². The van der Waals surface area contributed by atoms with E-state index in [1.165, 1.54) is 12.1 Å². The maximum atomic E-state index is 11.2. The van der Waals surface area contributed by atoms with E-state index in [0.717, 1.165) is 15.8 Å². The van der Waals surface area contributed by atoms with Crippen molar-refractivity contribution in [1.29, 1.82) is 0 Å². The van der Waals surface area contributed by atoms with Gasteiger partial charge in [0.1, 0.15) is 11.5 Å². The molecule has 0 aromatic heterocycles. The smallest absolute Gasteiger partial charge is 0.261 e. The first kappa shape index (κ1) is 16.3. The van der Waals surface area contributed by atoms with E-state index in [2.05, 4.69) is 29.8 Å². The van der Waals surface area contributed by atoms with Gasteiger partial charge < -0.3 is 4.74 Å². The van der Waals surface area contributed by atoms with E-state index in [1.54, 1.807) is 12.1 Å². The molecule has 0 aliphatic heterocycles. The first-order valence-electron chi connectivity index (χ1n) is 6.29. The number of halogens is 2. The lowest BCUT2D eigenvalue weighted by molar-refractivity contribution is 0.472. The Balaban J connectivity index is 2.30. The Bertz CT molecular complexity index is 740. The molecule has 0 amide bonds. The van der Waals surface area contributed by atoms with Crippen molar-refractivity contribution in [2.24, 2.45) is 0 Å². The van der Waals surface area contributed by atoms with E-state index in [-0.39, 0.29) is 4.90 Å². The molecule has 6 heteroatoms. The maximum Gasteiger partial charge on any atom is 0.261 e. The fourth-order valence-corrected chi connectivity index (χ4v) is 3.01. The molecule has 0 atom stereocenters. The molecule has 0 aliphatic carbocycles. The third kappa shape index (κ3) is 4.22. The van der Waals surface area contributed by atoms with Crippen LogP contribution in [0.3, 0.4) is 0 Å². The minimum absolute atomic E-state index is 0.0522. The van der Waals surface area contributed by atoms with Crippen LogP contribution in [0.1, 0.15) is 25.3 Å². The SMILES string of the molecule is CC(C)c1cc(Br)ccc1Oc1ccc(S(=O)(=O)Cl)cc1. The Morgan fingerprint density at radius 2 is 1.71 bits per heavy atom. The average Bonchev–Trinajstić information content (AvgIpc) is 2.40. The zero-order chi connectivity index (χ0) is 15.6. The summed E-state index contributed by atoms with van der Waals surface area (Å²) in [5.74, 6) is 1.61. The normalized spacial score (nSPS) is 11.7. The summed E-state index contributed by atoms with van der Waals surface area (Å²) in [7, 11) is 1.57. The Morgan fingerprint density at radius 1 is 1.10 bits per heavy atom. The number of ether oxygens (including phenoxy) is 1. The van der Waals surface area contributed by atoms with Crippen molar-refractivity contribution in [3.05, 3.63) is 52.5 Å². The zero-order valence-corrected chi connectivity index (χ0v) is 14.7. The van der Waals surface area contributed by atoms with Crippen LogP contribution < -0.4 is 4.74 Å². The highest BCUT2D eigenvalue weighted by Crippen LogP contribution is 2.33. The van der Waals surface area contributed by atoms with E-state index in [4.69, 9.17) is 15.4 Å². The topological polar surface area (TPSA) is 43.4 Å². The monoisotopic (exact) mass is 388 g/mol. The van der Waals surface area contributed by atoms with Crippen molar-refractivity contribution < 1.29 is 13.2 Å². The van der Waals surface area contributed by atoms with E-state index < -0.39 is 9.05 Å². The van der Waals surface area contributed by atoms with Crippen molar-refractivity contribution in [2.45, 2.75) is 24.7 Å². The predicted octanol–water partition coefficient (Wildman–Crippen LogP) is 5.29. The molecule has 2 aromatic carbocycles. The standard InChI is InChI=1S/C15H14BrClO3S/c1-10(2)14-9-11(16)3-8-15(14)20-12-4-6-13(7-5-12)21(17,18)19/h3-10H,1-2H3. The summed E-state index contributed by atoms with van der Waals surface area (Å²) in [6.45, 7) is 4.16. The van der Waals surface area contributed by atoms with Crippen LogP contribution >= 0.6 is 26.6 Å². The van der Waals surface area contributed by atoms with Crippen molar-refractivity contribution >= 4 is 35.7 Å². The molecular weight excluding hydrogens is 376 g/mol. The number of hydrogen-bond donors (Lipinski definition) is 0. The summed E-state index contributed by atoms with van der Waals surface area (Å²) >= 11 is 3.44. The van der Waals surface area contributed by atoms with E-state index in [1.807, 2.05) is 18.2 Å². The molecule has 0 spiro atoms. The summed E-state index contributed by atoms with van der Waals surface area (Å²) in [5.41, 5.74) is 1.07. The van der Waals surface area contributed by atoms with Gasteiger partial charge in [-0.15, -0.1) is 0 Å². The van der Waals surface area contributed by atoms with Crippen LogP contribution in [-0.4, -0.2) is 8.42 Å². The van der Waals surface area contributed by atoms with Crippen LogP contribution in [0.25, 0.3) is 0 Å². The summed E-state index contributed by atoms with van der Waals surface area (Å²) in [6, 6.07) is 11.8. The van der Waals surface area contributed by atoms with Gasteiger partial charge in [-0.05, 0) is 53.9 Å². The molecule has 0 radical (unpaired) electrons. The first-order valence-corrected chi connectivity index (χ1v) is 9.39. The molecule has 0 N–H and O–H groups in total. The molecule has 0 saturated carbocycles. The van der Waals surface area contributed by atoms with Gasteiger partial charge in [0.2, 0.25) is 0 Å². The van der Waals surface area contributed by atoms with E-state index >= 15 is 0 Å². The lowest BCUT2D eigenvalue weighted by atomic mass is 10.0. The number of hydrogen-bond acceptors (Lipinski definition) is 3. The molecule has 3 nitrogen and oxygen atoms in total. The molecular formula is C15H14BrClO3S. The second kappa shape index (κ2) is 6.38. The second-order valence-electron chi connectivity index (χ2n) is 4.85. The van der Waals surface area contributed by atoms with Gasteiger partial charge in [0.25, 0.3) is 9.05 Å². The largest absolute Gasteiger partial charge is 0.457 e. The molecule has 0 saturated heterocycles. The average molecular weight is 390 g/mol. The number of rotatable bonds is 4. The highest BCUT2D eigenvalue weighted by atomic mass is 79.9. The molecule has 2 rings (SSSR count). The summed E-state index contributed by atoms with van der Waals surface area (Å²) in [6.07, 6.45) is 0. The molecule has 0 fully saturated rings. The molecule has 112 valence electrons. The summed E-state index contributed by atoms with van der Waals surface area (Å²) in [4.78, 5) is 0.0522. The molecule has 0 bridgehead atoms. The quantitative estimate of drug-likeness (QED) is 0.667. The van der Waals surface area contributed by atoms with Gasteiger partial charge in [0.15, 0.2) is 0 Å². The van der Waals surface area contributed by atoms with E-state index in [0.29, 0.717) is 11.7 Å². The Morgan fingerprint density at radius 3 is 2.24 bits per heavy atom. The third-order valence-electron chi connectivity index (χ3n) is 2.93. The fourth-order valence-electron chi connectivity index (χ4n) is 1.86. The van der Waals surface area contributed by atoms with Crippen LogP contribution in [0.2, 0.25) is 0 Å². The molecule has 21 heavy (non-hydrogen) atoms. The number of benzene rings is 2. The Labute approximate surface area is 137 Å². The van der Waals surface area contributed by atoms with Crippen LogP contribution in [0.5, 0.6) is 11.5 Å². The van der Waals surface area contributed by atoms with Crippen LogP contribution in [0.15, 0.2) is 51.8 Å². The van der Waals surface area contributed by atoms with Gasteiger partial charge in [0, 0.05) is 15.2 Å². The fraction of sp³-hybridized carbons (Fsp3) is 0.200. The second-order valence-corrected chi connectivity index (χ2v) is 8.33. The van der Waals surface area contributed by atoms with Gasteiger partial charge >= 0.3 is 0 Å². The van der Waals surface area contributed by atoms with Crippen molar-refractivity contribution in [1.82, 2.24) is 0 Å². The Kier molecular flexibility index (Phi) is 4.96. The zero-order valence-electron chi connectivity index (χ0n) is 11.5. The molecule has 2 aromatic rings. The van der Waals surface area contributed by atoms with Crippen LogP contribution in [0, 0.1) is 0 Å². The lowest BCUT2D eigenvalue weighted by Crippen LogP contribution is -1.95.